The number of benzene rings is 3. The van der Waals surface area contributed by atoms with Gasteiger partial charge in [-0.3, -0.25) is 0 Å². The zero-order chi connectivity index (χ0) is 19.8. The van der Waals surface area contributed by atoms with Gasteiger partial charge in [-0.1, -0.05) is 78.9 Å². The lowest BCUT2D eigenvalue weighted by atomic mass is 10.2. The minimum absolute atomic E-state index is 0.191. The number of nitrogens with zero attached hydrogens (tertiary/aromatic N) is 2. The minimum atomic E-state index is -0.763. The molecule has 3 nitrogen and oxygen atoms in total. The Balaban J connectivity index is 1.84. The van der Waals surface area contributed by atoms with E-state index in [1.54, 1.807) is 0 Å². The molecular weight excluding hydrogens is 375 g/mol. The fourth-order valence-corrected chi connectivity index (χ4v) is 6.59. The molecule has 1 aromatic heterocycles. The normalized spacial score (nSPS) is 16.2. The third-order valence-corrected chi connectivity index (χ3v) is 7.91. The largest absolute Gasteiger partial charge is 0.475 e. The van der Waals surface area contributed by atoms with Gasteiger partial charge in [-0.15, -0.1) is 0 Å². The highest BCUT2D eigenvalue weighted by atomic mass is 31.1. The summed E-state index contributed by atoms with van der Waals surface area (Å²) in [5.74, 6) is 0.781. The van der Waals surface area contributed by atoms with Crippen LogP contribution in [0.3, 0.4) is 0 Å². The molecule has 0 saturated heterocycles. The summed E-state index contributed by atoms with van der Waals surface area (Å²) in [4.78, 5) is 4.84. The van der Waals surface area contributed by atoms with Gasteiger partial charge in [0.05, 0.1) is 17.0 Å². The van der Waals surface area contributed by atoms with Crippen molar-refractivity contribution in [2.75, 3.05) is 6.61 Å². The van der Waals surface area contributed by atoms with Gasteiger partial charge in [-0.25, -0.2) is 4.99 Å². The zero-order valence-corrected chi connectivity index (χ0v) is 17.5. The number of ether oxygens (including phenoxy) is 1. The van der Waals surface area contributed by atoms with Crippen molar-refractivity contribution in [3.05, 3.63) is 90.5 Å². The van der Waals surface area contributed by atoms with Crippen molar-refractivity contribution in [3.8, 4) is 0 Å². The third kappa shape index (κ3) is 3.16. The second-order valence-electron chi connectivity index (χ2n) is 7.38. The van der Waals surface area contributed by atoms with E-state index in [0.717, 1.165) is 11.5 Å². The van der Waals surface area contributed by atoms with Gasteiger partial charge >= 0.3 is 0 Å². The predicted octanol–water partition coefficient (Wildman–Crippen LogP) is 4.10. The van der Waals surface area contributed by atoms with E-state index < -0.39 is 7.92 Å². The highest BCUT2D eigenvalue weighted by molar-refractivity contribution is 7.79. The third-order valence-electron chi connectivity index (χ3n) is 5.33. The second-order valence-corrected chi connectivity index (χ2v) is 9.50. The molecule has 1 aliphatic heterocycles. The van der Waals surface area contributed by atoms with Crippen molar-refractivity contribution in [1.29, 1.82) is 0 Å². The maximum Gasteiger partial charge on any atom is 0.219 e. The molecule has 0 spiro atoms. The summed E-state index contributed by atoms with van der Waals surface area (Å²) in [7, 11) is 1.41. The Morgan fingerprint density at radius 1 is 0.862 bits per heavy atom. The summed E-state index contributed by atoms with van der Waals surface area (Å²) in [5.41, 5.74) is 3.64. The summed E-state index contributed by atoms with van der Waals surface area (Å²) in [6, 6.07) is 30.4. The standard InChI is InChI=1S/C25H23N2OP/c1-18-17-28-24(26-18)23-21-15-9-10-16-22(21)27(2)25(23)29(19-11-5-3-6-12-19)20-13-7-4-8-14-20/h3-16,18H,17H2,1-2H3/t18-/m0/s1. The first-order valence-electron chi connectivity index (χ1n) is 9.92. The quantitative estimate of drug-likeness (QED) is 0.476. The van der Waals surface area contributed by atoms with Gasteiger partial charge in [-0.2, -0.15) is 0 Å². The van der Waals surface area contributed by atoms with Crippen molar-refractivity contribution in [2.24, 2.45) is 12.0 Å². The molecule has 4 heteroatoms. The summed E-state index contributed by atoms with van der Waals surface area (Å²) in [5, 5.41) is 3.86. The number of fused-ring (bicyclic) bond motifs is 1. The Hall–Kier alpha value is -2.90. The summed E-state index contributed by atoms with van der Waals surface area (Å²) in [6.45, 7) is 2.75. The lowest BCUT2D eigenvalue weighted by molar-refractivity contribution is 0.324. The van der Waals surface area contributed by atoms with Crippen molar-refractivity contribution in [3.63, 3.8) is 0 Å². The van der Waals surface area contributed by atoms with Crippen LogP contribution in [-0.4, -0.2) is 23.1 Å². The number of rotatable bonds is 4. The maximum atomic E-state index is 6.08. The molecule has 5 rings (SSSR count). The molecular formula is C25H23N2OP. The SMILES string of the molecule is C[C@H]1COC(c2c(P(c3ccccc3)c3ccccc3)n(C)c3ccccc23)=N1. The molecule has 144 valence electrons. The van der Waals surface area contributed by atoms with Crippen molar-refractivity contribution in [2.45, 2.75) is 13.0 Å². The van der Waals surface area contributed by atoms with Crippen LogP contribution in [-0.2, 0) is 11.8 Å². The lowest BCUT2D eigenvalue weighted by Gasteiger charge is -2.21. The van der Waals surface area contributed by atoms with E-state index in [-0.39, 0.29) is 6.04 Å². The topological polar surface area (TPSA) is 26.5 Å². The summed E-state index contributed by atoms with van der Waals surface area (Å²) >= 11 is 0. The van der Waals surface area contributed by atoms with E-state index in [4.69, 9.17) is 9.73 Å². The molecule has 3 aromatic carbocycles. The van der Waals surface area contributed by atoms with Gasteiger partial charge in [-0.05, 0) is 23.6 Å². The van der Waals surface area contributed by atoms with E-state index in [1.165, 1.54) is 26.9 Å². The first kappa shape index (κ1) is 18.1. The number of hydrogen-bond acceptors (Lipinski definition) is 2. The van der Waals surface area contributed by atoms with Crippen LogP contribution in [0.25, 0.3) is 10.9 Å². The zero-order valence-electron chi connectivity index (χ0n) is 16.6. The fourth-order valence-electron chi connectivity index (χ4n) is 4.01. The molecule has 0 saturated carbocycles. The molecule has 0 bridgehead atoms. The van der Waals surface area contributed by atoms with Crippen LogP contribution >= 0.6 is 7.92 Å². The molecule has 0 aliphatic carbocycles. The number of para-hydroxylation sites is 1. The maximum absolute atomic E-state index is 6.08. The molecule has 0 fully saturated rings. The average molecular weight is 398 g/mol. The molecule has 0 radical (unpaired) electrons. The monoisotopic (exact) mass is 398 g/mol. The van der Waals surface area contributed by atoms with Gasteiger partial charge < -0.3 is 9.30 Å². The fraction of sp³-hybridized carbons (Fsp3) is 0.160. The Morgan fingerprint density at radius 2 is 1.45 bits per heavy atom. The molecule has 1 atom stereocenters. The van der Waals surface area contributed by atoms with Crippen LogP contribution in [0.5, 0.6) is 0 Å². The van der Waals surface area contributed by atoms with E-state index in [2.05, 4.69) is 103 Å². The van der Waals surface area contributed by atoms with Crippen LogP contribution in [0.4, 0.5) is 0 Å². The van der Waals surface area contributed by atoms with Gasteiger partial charge in [0, 0.05) is 25.9 Å². The summed E-state index contributed by atoms with van der Waals surface area (Å²) in [6.07, 6.45) is 0. The molecule has 0 amide bonds. The van der Waals surface area contributed by atoms with E-state index in [1.807, 2.05) is 0 Å². The Morgan fingerprint density at radius 3 is 2.03 bits per heavy atom. The second kappa shape index (κ2) is 7.50. The molecule has 2 heterocycles. The highest BCUT2D eigenvalue weighted by Crippen LogP contribution is 2.38. The molecule has 0 N–H and O–H groups in total. The van der Waals surface area contributed by atoms with Crippen LogP contribution < -0.4 is 16.0 Å². The first-order chi connectivity index (χ1) is 14.2. The number of hydrogen-bond donors (Lipinski definition) is 0. The Bertz CT molecular complexity index is 1140. The van der Waals surface area contributed by atoms with Crippen LogP contribution in [0, 0.1) is 0 Å². The van der Waals surface area contributed by atoms with Crippen molar-refractivity contribution >= 4 is 40.8 Å². The first-order valence-corrected chi connectivity index (χ1v) is 11.3. The molecule has 1 aliphatic rings. The lowest BCUT2D eigenvalue weighted by Crippen LogP contribution is -2.29. The molecule has 4 aromatic rings. The van der Waals surface area contributed by atoms with Crippen LogP contribution in [0.15, 0.2) is 89.9 Å². The van der Waals surface area contributed by atoms with E-state index in [0.29, 0.717) is 6.61 Å². The highest BCUT2D eigenvalue weighted by Gasteiger charge is 2.30. The average Bonchev–Trinajstić information content (AvgIpc) is 3.32. The molecule has 29 heavy (non-hydrogen) atoms. The Labute approximate surface area is 172 Å². The van der Waals surface area contributed by atoms with Gasteiger partial charge in [0.1, 0.15) is 6.61 Å². The number of aromatic nitrogens is 1. The molecule has 0 unspecified atom stereocenters. The Kier molecular flexibility index (Phi) is 4.69. The van der Waals surface area contributed by atoms with Gasteiger partial charge in [0.15, 0.2) is 0 Å². The number of aryl methyl sites for hydroxylation is 1. The predicted molar refractivity (Wildman–Crippen MR) is 124 cm³/mol. The van der Waals surface area contributed by atoms with Gasteiger partial charge in [0.2, 0.25) is 5.90 Å². The van der Waals surface area contributed by atoms with Crippen LogP contribution in [0.1, 0.15) is 12.5 Å². The van der Waals surface area contributed by atoms with Crippen LogP contribution in [0.2, 0.25) is 0 Å². The van der Waals surface area contributed by atoms with E-state index >= 15 is 0 Å². The van der Waals surface area contributed by atoms with Crippen molar-refractivity contribution < 1.29 is 4.74 Å². The van der Waals surface area contributed by atoms with Crippen molar-refractivity contribution in [1.82, 2.24) is 4.57 Å². The number of aliphatic imine (C=N–C) groups is 1. The minimum Gasteiger partial charge on any atom is -0.475 e. The van der Waals surface area contributed by atoms with Gasteiger partial charge in [0.25, 0.3) is 0 Å². The summed E-state index contributed by atoms with van der Waals surface area (Å²) < 4.78 is 8.42. The van der Waals surface area contributed by atoms with E-state index in [9.17, 15) is 0 Å². The smallest absolute Gasteiger partial charge is 0.219 e.